The third kappa shape index (κ3) is 3.17. The van der Waals surface area contributed by atoms with E-state index in [2.05, 4.69) is 0 Å². The molecule has 0 aliphatic carbocycles. The molecule has 0 aliphatic heterocycles. The summed E-state index contributed by atoms with van der Waals surface area (Å²) in [5.41, 5.74) is 5.73. The molecule has 0 spiro atoms. The molecule has 1 amide bonds. The highest BCUT2D eigenvalue weighted by Gasteiger charge is 2.18. The molecule has 94 valence electrons. The number of nitrogens with zero attached hydrogens (tertiary/aromatic N) is 1. The predicted octanol–water partition coefficient (Wildman–Crippen LogP) is 1.14. The molecule has 4 nitrogen and oxygen atoms in total. The van der Waals surface area contributed by atoms with Gasteiger partial charge in [0.2, 0.25) is 0 Å². The normalized spacial score (nSPS) is 12.1. The zero-order valence-electron chi connectivity index (χ0n) is 10.2. The number of hydrogen-bond acceptors (Lipinski definition) is 3. The van der Waals surface area contributed by atoms with Gasteiger partial charge in [-0.15, -0.1) is 0 Å². The fourth-order valence-electron chi connectivity index (χ4n) is 1.45. The predicted molar refractivity (Wildman–Crippen MR) is 63.1 cm³/mol. The molecule has 0 heterocycles. The highest BCUT2D eigenvalue weighted by atomic mass is 19.1. The Bertz CT molecular complexity index is 407. The molecule has 1 aromatic rings. The topological polar surface area (TPSA) is 55.6 Å². The van der Waals surface area contributed by atoms with Crippen LogP contribution in [-0.4, -0.2) is 31.0 Å². The van der Waals surface area contributed by atoms with Gasteiger partial charge >= 0.3 is 0 Å². The monoisotopic (exact) mass is 240 g/mol. The van der Waals surface area contributed by atoms with Gasteiger partial charge in [-0.3, -0.25) is 4.79 Å². The van der Waals surface area contributed by atoms with E-state index in [0.717, 1.165) is 0 Å². The van der Waals surface area contributed by atoms with Gasteiger partial charge in [0.25, 0.3) is 5.91 Å². The number of rotatable bonds is 4. The molecule has 1 atom stereocenters. The number of carbonyl (C=O) groups excluding carboxylic acids is 1. The molecule has 1 rings (SSSR count). The van der Waals surface area contributed by atoms with Crippen LogP contribution in [0.25, 0.3) is 0 Å². The number of hydrogen-bond donors (Lipinski definition) is 1. The number of nitrogens with two attached hydrogens (primary N) is 1. The average molecular weight is 240 g/mol. The van der Waals surface area contributed by atoms with E-state index in [-0.39, 0.29) is 18.0 Å². The van der Waals surface area contributed by atoms with E-state index in [4.69, 9.17) is 10.5 Å². The Kier molecular flexibility index (Phi) is 4.45. The van der Waals surface area contributed by atoms with E-state index in [1.807, 2.05) is 0 Å². The van der Waals surface area contributed by atoms with Crippen LogP contribution in [-0.2, 0) is 11.3 Å². The van der Waals surface area contributed by atoms with Gasteiger partial charge in [0, 0.05) is 26.2 Å². The second-order valence-electron chi connectivity index (χ2n) is 3.91. The first-order valence-corrected chi connectivity index (χ1v) is 5.32. The second-order valence-corrected chi connectivity index (χ2v) is 3.91. The standard InChI is InChI=1S/C12H17FN2O2/c1-8(12(16)15(2)3)17-11-6-4-5-10(13)9(11)7-14/h4-6,8H,7,14H2,1-3H3. The van der Waals surface area contributed by atoms with Crippen LogP contribution < -0.4 is 10.5 Å². The number of amides is 1. The molecule has 0 fully saturated rings. The van der Waals surface area contributed by atoms with Crippen molar-refractivity contribution >= 4 is 5.91 Å². The van der Waals surface area contributed by atoms with Crippen molar-refractivity contribution in [1.29, 1.82) is 0 Å². The first-order valence-electron chi connectivity index (χ1n) is 5.32. The summed E-state index contributed by atoms with van der Waals surface area (Å²) in [5, 5.41) is 0. The van der Waals surface area contributed by atoms with Crippen LogP contribution >= 0.6 is 0 Å². The lowest BCUT2D eigenvalue weighted by atomic mass is 10.2. The summed E-state index contributed by atoms with van der Waals surface area (Å²) in [5.74, 6) is -0.290. The Labute approximate surface area is 100 Å². The van der Waals surface area contributed by atoms with Crippen molar-refractivity contribution in [2.45, 2.75) is 19.6 Å². The fourth-order valence-corrected chi connectivity index (χ4v) is 1.45. The van der Waals surface area contributed by atoms with Gasteiger partial charge in [-0.1, -0.05) is 6.07 Å². The van der Waals surface area contributed by atoms with Crippen molar-refractivity contribution in [1.82, 2.24) is 4.90 Å². The maximum absolute atomic E-state index is 13.4. The first-order chi connectivity index (χ1) is 7.97. The summed E-state index contributed by atoms with van der Waals surface area (Å²) in [6.07, 6.45) is -0.669. The minimum Gasteiger partial charge on any atom is -0.480 e. The highest BCUT2D eigenvalue weighted by Crippen LogP contribution is 2.22. The molecule has 17 heavy (non-hydrogen) atoms. The largest absolute Gasteiger partial charge is 0.480 e. The van der Waals surface area contributed by atoms with E-state index >= 15 is 0 Å². The van der Waals surface area contributed by atoms with Crippen LogP contribution in [0.1, 0.15) is 12.5 Å². The van der Waals surface area contributed by atoms with Crippen LogP contribution in [0.4, 0.5) is 4.39 Å². The van der Waals surface area contributed by atoms with Crippen LogP contribution in [0.2, 0.25) is 0 Å². The molecule has 0 aromatic heterocycles. The Hall–Kier alpha value is -1.62. The van der Waals surface area contributed by atoms with Crippen LogP contribution in [0.15, 0.2) is 18.2 Å². The van der Waals surface area contributed by atoms with Crippen molar-refractivity contribution in [3.63, 3.8) is 0 Å². The molecule has 5 heteroatoms. The van der Waals surface area contributed by atoms with E-state index in [1.54, 1.807) is 27.1 Å². The van der Waals surface area contributed by atoms with Gasteiger partial charge < -0.3 is 15.4 Å². The SMILES string of the molecule is CC(Oc1cccc(F)c1CN)C(=O)N(C)C. The van der Waals surface area contributed by atoms with E-state index < -0.39 is 11.9 Å². The van der Waals surface area contributed by atoms with Gasteiger partial charge in [-0.05, 0) is 19.1 Å². The molecular formula is C12H17FN2O2. The average Bonchev–Trinajstić information content (AvgIpc) is 2.28. The van der Waals surface area contributed by atoms with Crippen molar-refractivity contribution in [2.75, 3.05) is 14.1 Å². The lowest BCUT2D eigenvalue weighted by Crippen LogP contribution is -2.35. The molecule has 0 aliphatic rings. The molecule has 0 saturated carbocycles. The van der Waals surface area contributed by atoms with Crippen molar-refractivity contribution in [2.24, 2.45) is 5.73 Å². The highest BCUT2D eigenvalue weighted by molar-refractivity contribution is 5.80. The van der Waals surface area contributed by atoms with E-state index in [0.29, 0.717) is 5.75 Å². The lowest BCUT2D eigenvalue weighted by molar-refractivity contribution is -0.135. The van der Waals surface area contributed by atoms with Crippen LogP contribution in [0, 0.1) is 5.82 Å². The molecular weight excluding hydrogens is 223 g/mol. The molecule has 2 N–H and O–H groups in total. The molecule has 0 radical (unpaired) electrons. The number of ether oxygens (including phenoxy) is 1. The van der Waals surface area contributed by atoms with Crippen molar-refractivity contribution in [3.8, 4) is 5.75 Å². The fraction of sp³-hybridized carbons (Fsp3) is 0.417. The summed E-state index contributed by atoms with van der Waals surface area (Å²) >= 11 is 0. The summed E-state index contributed by atoms with van der Waals surface area (Å²) in [6, 6.07) is 4.44. The van der Waals surface area contributed by atoms with Gasteiger partial charge in [-0.25, -0.2) is 4.39 Å². The third-order valence-electron chi connectivity index (χ3n) is 2.37. The number of likely N-dealkylation sites (N-methyl/N-ethyl adjacent to an activating group) is 1. The maximum atomic E-state index is 13.4. The zero-order chi connectivity index (χ0) is 13.0. The smallest absolute Gasteiger partial charge is 0.262 e. The second kappa shape index (κ2) is 5.63. The number of halogens is 1. The maximum Gasteiger partial charge on any atom is 0.262 e. The van der Waals surface area contributed by atoms with Gasteiger partial charge in [0.1, 0.15) is 11.6 Å². The van der Waals surface area contributed by atoms with Gasteiger partial charge in [-0.2, -0.15) is 0 Å². The first kappa shape index (κ1) is 13.4. The molecule has 0 saturated heterocycles. The lowest BCUT2D eigenvalue weighted by Gasteiger charge is -2.19. The summed E-state index contributed by atoms with van der Waals surface area (Å²) in [7, 11) is 3.27. The Morgan fingerprint density at radius 1 is 1.53 bits per heavy atom. The van der Waals surface area contributed by atoms with Gasteiger partial charge in [0.15, 0.2) is 6.10 Å². The van der Waals surface area contributed by atoms with Crippen molar-refractivity contribution < 1.29 is 13.9 Å². The minimum atomic E-state index is -0.669. The Balaban J connectivity index is 2.88. The Morgan fingerprint density at radius 2 is 2.18 bits per heavy atom. The zero-order valence-corrected chi connectivity index (χ0v) is 10.2. The minimum absolute atomic E-state index is 0.0326. The number of carbonyl (C=O) groups is 1. The number of benzene rings is 1. The molecule has 0 bridgehead atoms. The van der Waals surface area contributed by atoms with E-state index in [1.165, 1.54) is 17.0 Å². The summed E-state index contributed by atoms with van der Waals surface area (Å²) in [6.45, 7) is 1.65. The van der Waals surface area contributed by atoms with Crippen LogP contribution in [0.5, 0.6) is 5.75 Å². The molecule has 1 unspecified atom stereocenters. The summed E-state index contributed by atoms with van der Waals surface area (Å²) in [4.78, 5) is 13.0. The quantitative estimate of drug-likeness (QED) is 0.858. The molecule has 1 aromatic carbocycles. The van der Waals surface area contributed by atoms with Gasteiger partial charge in [0.05, 0.1) is 0 Å². The van der Waals surface area contributed by atoms with Crippen molar-refractivity contribution in [3.05, 3.63) is 29.6 Å². The van der Waals surface area contributed by atoms with E-state index in [9.17, 15) is 9.18 Å². The Morgan fingerprint density at radius 3 is 2.71 bits per heavy atom. The summed E-state index contributed by atoms with van der Waals surface area (Å²) < 4.78 is 18.8. The van der Waals surface area contributed by atoms with Crippen LogP contribution in [0.3, 0.4) is 0 Å². The third-order valence-corrected chi connectivity index (χ3v) is 2.37.